The number of carbonyl (C=O) groups is 1. The van der Waals surface area contributed by atoms with Crippen molar-refractivity contribution in [1.29, 1.82) is 0 Å². The Morgan fingerprint density at radius 3 is 2.43 bits per heavy atom. The summed E-state index contributed by atoms with van der Waals surface area (Å²) < 4.78 is 31.0. The second-order valence-electron chi connectivity index (χ2n) is 6.30. The van der Waals surface area contributed by atoms with Crippen LogP contribution in [0.25, 0.3) is 0 Å². The molecule has 1 saturated heterocycles. The van der Waals surface area contributed by atoms with Gasteiger partial charge in [-0.15, -0.1) is 0 Å². The molecular weight excluding hydrogens is 276 g/mol. The van der Waals surface area contributed by atoms with Gasteiger partial charge in [0.25, 0.3) is 5.91 Å². The van der Waals surface area contributed by atoms with Gasteiger partial charge in [-0.05, 0) is 45.3 Å². The lowest BCUT2D eigenvalue weighted by Gasteiger charge is -2.32. The summed E-state index contributed by atoms with van der Waals surface area (Å²) >= 11 is 0. The van der Waals surface area contributed by atoms with Gasteiger partial charge in [0.15, 0.2) is 18.2 Å². The van der Waals surface area contributed by atoms with Gasteiger partial charge in [-0.2, -0.15) is 0 Å². The summed E-state index contributed by atoms with van der Waals surface area (Å²) in [5.41, 5.74) is -0.209. The molecule has 0 spiro atoms. The van der Waals surface area contributed by atoms with Gasteiger partial charge < -0.3 is 19.4 Å². The average molecular weight is 293 g/mol. The van der Waals surface area contributed by atoms with Crippen LogP contribution in [-0.4, -0.2) is 30.8 Å². The van der Waals surface area contributed by atoms with Crippen LogP contribution in [-0.2, 0) is 14.1 Å². The highest BCUT2D eigenvalue weighted by molar-refractivity contribution is 6.62. The van der Waals surface area contributed by atoms with E-state index in [0.717, 1.165) is 0 Å². The molecule has 3 rings (SSSR count). The minimum Gasteiger partial charge on any atom is -0.478 e. The Morgan fingerprint density at radius 1 is 1.19 bits per heavy atom. The molecule has 0 saturated carbocycles. The number of benzene rings is 1. The number of rotatable bonds is 1. The van der Waals surface area contributed by atoms with E-state index in [9.17, 15) is 9.18 Å². The van der Waals surface area contributed by atoms with Crippen LogP contribution in [0, 0.1) is 5.82 Å². The number of hydrogen-bond donors (Lipinski definition) is 1. The van der Waals surface area contributed by atoms with Gasteiger partial charge >= 0.3 is 7.12 Å². The van der Waals surface area contributed by atoms with E-state index in [4.69, 9.17) is 14.0 Å². The SMILES string of the molecule is CC1(C)OB(c2cc(F)c3c(c2)NC(=O)CO3)OC1(C)C. The maximum atomic E-state index is 14.1. The van der Waals surface area contributed by atoms with Crippen molar-refractivity contribution in [3.05, 3.63) is 17.9 Å². The number of fused-ring (bicyclic) bond motifs is 1. The Labute approximate surface area is 122 Å². The third-order valence-corrected chi connectivity index (χ3v) is 4.21. The van der Waals surface area contributed by atoms with Crippen molar-refractivity contribution in [2.75, 3.05) is 11.9 Å². The van der Waals surface area contributed by atoms with Crippen LogP contribution in [0.15, 0.2) is 12.1 Å². The third-order valence-electron chi connectivity index (χ3n) is 4.21. The Balaban J connectivity index is 1.96. The van der Waals surface area contributed by atoms with Gasteiger partial charge in [0.1, 0.15) is 0 Å². The van der Waals surface area contributed by atoms with Crippen LogP contribution in [0.1, 0.15) is 27.7 Å². The monoisotopic (exact) mass is 293 g/mol. The molecule has 0 atom stereocenters. The van der Waals surface area contributed by atoms with E-state index >= 15 is 0 Å². The quantitative estimate of drug-likeness (QED) is 0.796. The summed E-state index contributed by atoms with van der Waals surface area (Å²) in [6.45, 7) is 7.51. The number of hydrogen-bond acceptors (Lipinski definition) is 4. The molecular formula is C14H17BFNO4. The van der Waals surface area contributed by atoms with E-state index in [1.165, 1.54) is 6.07 Å². The minimum atomic E-state index is -0.686. The molecule has 7 heteroatoms. The predicted octanol–water partition coefficient (Wildman–Crippen LogP) is 1.46. The van der Waals surface area contributed by atoms with Gasteiger partial charge in [0, 0.05) is 0 Å². The van der Waals surface area contributed by atoms with Crippen molar-refractivity contribution < 1.29 is 23.2 Å². The number of anilines is 1. The summed E-state index contributed by atoms with van der Waals surface area (Å²) in [6.07, 6.45) is 0. The standard InChI is InChI=1S/C14H17BFNO4/c1-13(2)14(3,4)21-15(20-13)8-5-9(16)12-10(6-8)17-11(18)7-19-12/h5-6H,7H2,1-4H3,(H,17,18). The molecule has 2 heterocycles. The average Bonchev–Trinajstić information content (AvgIpc) is 2.57. The number of ether oxygens (including phenoxy) is 1. The van der Waals surface area contributed by atoms with E-state index in [0.29, 0.717) is 11.2 Å². The smallest absolute Gasteiger partial charge is 0.478 e. The zero-order valence-corrected chi connectivity index (χ0v) is 12.5. The van der Waals surface area contributed by atoms with Gasteiger partial charge in [0.2, 0.25) is 0 Å². The molecule has 1 fully saturated rings. The first-order valence-corrected chi connectivity index (χ1v) is 6.81. The third kappa shape index (κ3) is 2.30. The van der Waals surface area contributed by atoms with Crippen molar-refractivity contribution in [2.45, 2.75) is 38.9 Å². The van der Waals surface area contributed by atoms with E-state index in [2.05, 4.69) is 5.32 Å². The molecule has 1 aromatic carbocycles. The van der Waals surface area contributed by atoms with Crippen LogP contribution in [0.4, 0.5) is 10.1 Å². The number of carbonyl (C=O) groups excluding carboxylic acids is 1. The maximum absolute atomic E-state index is 14.1. The van der Waals surface area contributed by atoms with Crippen LogP contribution in [0.2, 0.25) is 0 Å². The number of amides is 1. The highest BCUT2D eigenvalue weighted by Crippen LogP contribution is 2.37. The highest BCUT2D eigenvalue weighted by atomic mass is 19.1. The molecule has 5 nitrogen and oxygen atoms in total. The normalized spacial score (nSPS) is 22.5. The lowest BCUT2D eigenvalue weighted by Crippen LogP contribution is -2.41. The first-order valence-electron chi connectivity index (χ1n) is 6.81. The maximum Gasteiger partial charge on any atom is 0.495 e. The van der Waals surface area contributed by atoms with Crippen LogP contribution in [0.5, 0.6) is 5.75 Å². The zero-order chi connectivity index (χ0) is 15.4. The van der Waals surface area contributed by atoms with Crippen LogP contribution >= 0.6 is 0 Å². The van der Waals surface area contributed by atoms with Crippen molar-refractivity contribution in [3.63, 3.8) is 0 Å². The van der Waals surface area contributed by atoms with Gasteiger partial charge in [-0.1, -0.05) is 0 Å². The summed E-state index contributed by atoms with van der Waals surface area (Å²) in [5.74, 6) is -0.806. The number of nitrogens with one attached hydrogen (secondary N) is 1. The van der Waals surface area contributed by atoms with E-state index < -0.39 is 24.1 Å². The first-order chi connectivity index (χ1) is 9.69. The van der Waals surface area contributed by atoms with Crippen molar-refractivity contribution in [1.82, 2.24) is 0 Å². The highest BCUT2D eigenvalue weighted by Gasteiger charge is 2.52. The molecule has 0 aromatic heterocycles. The van der Waals surface area contributed by atoms with E-state index in [1.807, 2.05) is 27.7 Å². The summed E-state index contributed by atoms with van der Waals surface area (Å²) in [4.78, 5) is 11.4. The topological polar surface area (TPSA) is 56.8 Å². The first kappa shape index (κ1) is 14.3. The van der Waals surface area contributed by atoms with Crippen molar-refractivity contribution in [3.8, 4) is 5.75 Å². The second-order valence-corrected chi connectivity index (χ2v) is 6.30. The second kappa shape index (κ2) is 4.45. The van der Waals surface area contributed by atoms with Crippen LogP contribution in [0.3, 0.4) is 0 Å². The van der Waals surface area contributed by atoms with Crippen LogP contribution < -0.4 is 15.5 Å². The molecule has 1 amide bonds. The lowest BCUT2D eigenvalue weighted by molar-refractivity contribution is -0.118. The Hall–Kier alpha value is -1.60. The molecule has 0 aliphatic carbocycles. The molecule has 2 aliphatic heterocycles. The lowest BCUT2D eigenvalue weighted by atomic mass is 9.78. The fraction of sp³-hybridized carbons (Fsp3) is 0.500. The summed E-state index contributed by atoms with van der Waals surface area (Å²) in [6, 6.07) is 2.94. The molecule has 0 radical (unpaired) electrons. The Bertz CT molecular complexity index is 601. The molecule has 0 bridgehead atoms. The summed E-state index contributed by atoms with van der Waals surface area (Å²) in [7, 11) is -0.686. The number of halogens is 1. The Kier molecular flexibility index (Phi) is 3.04. The predicted molar refractivity (Wildman–Crippen MR) is 76.2 cm³/mol. The molecule has 1 aromatic rings. The largest absolute Gasteiger partial charge is 0.495 e. The fourth-order valence-corrected chi connectivity index (χ4v) is 2.29. The van der Waals surface area contributed by atoms with Gasteiger partial charge in [-0.3, -0.25) is 4.79 Å². The van der Waals surface area contributed by atoms with Crippen molar-refractivity contribution >= 4 is 24.2 Å². The van der Waals surface area contributed by atoms with E-state index in [-0.39, 0.29) is 18.3 Å². The fourth-order valence-electron chi connectivity index (χ4n) is 2.29. The molecule has 112 valence electrons. The van der Waals surface area contributed by atoms with Gasteiger partial charge in [0.05, 0.1) is 16.9 Å². The van der Waals surface area contributed by atoms with Gasteiger partial charge in [-0.25, -0.2) is 4.39 Å². The zero-order valence-electron chi connectivity index (χ0n) is 12.5. The molecule has 0 unspecified atom stereocenters. The Morgan fingerprint density at radius 2 is 1.81 bits per heavy atom. The minimum absolute atomic E-state index is 0.0508. The van der Waals surface area contributed by atoms with Crippen molar-refractivity contribution in [2.24, 2.45) is 0 Å². The molecule has 2 aliphatic rings. The molecule has 1 N–H and O–H groups in total. The van der Waals surface area contributed by atoms with E-state index in [1.54, 1.807) is 6.07 Å². The summed E-state index contributed by atoms with van der Waals surface area (Å²) in [5, 5.41) is 2.59. The molecule has 21 heavy (non-hydrogen) atoms.